The normalized spacial score (nSPS) is 12.3. The van der Waals surface area contributed by atoms with Crippen LogP contribution in [0.1, 0.15) is 54.3 Å². The van der Waals surface area contributed by atoms with Gasteiger partial charge < -0.3 is 18.6 Å². The van der Waals surface area contributed by atoms with Gasteiger partial charge in [-0.25, -0.2) is 0 Å². The van der Waals surface area contributed by atoms with Gasteiger partial charge in [0.2, 0.25) is 5.78 Å². The minimum atomic E-state index is -0.406. The molecular weight excluding hydrogens is 424 g/mol. The van der Waals surface area contributed by atoms with Crippen molar-refractivity contribution in [3.8, 4) is 28.6 Å². The summed E-state index contributed by atoms with van der Waals surface area (Å²) >= 11 is 0. The molecule has 33 heavy (non-hydrogen) atoms. The van der Waals surface area contributed by atoms with Crippen LogP contribution in [0.5, 0.6) is 17.2 Å². The Hall–Kier alpha value is -3.87. The number of ketones is 2. The lowest BCUT2D eigenvalue weighted by Crippen LogP contribution is -2.25. The van der Waals surface area contributed by atoms with Gasteiger partial charge in [-0.15, -0.1) is 0 Å². The molecule has 0 atom stereocenters. The molecule has 2 aromatic carbocycles. The number of benzene rings is 2. The molecule has 1 aliphatic rings. The van der Waals surface area contributed by atoms with Crippen molar-refractivity contribution in [3.63, 3.8) is 0 Å². The maximum Gasteiger partial charge on any atom is 0.202 e. The molecule has 0 saturated carbocycles. The molecule has 0 saturated heterocycles. The lowest BCUT2D eigenvalue weighted by atomic mass is 9.77. The third-order valence-electron chi connectivity index (χ3n) is 6.18. The van der Waals surface area contributed by atoms with Gasteiger partial charge in [-0.2, -0.15) is 0 Å². The summed E-state index contributed by atoms with van der Waals surface area (Å²) in [5.41, 5.74) is 2.67. The quantitative estimate of drug-likeness (QED) is 0.458. The van der Waals surface area contributed by atoms with E-state index in [0.29, 0.717) is 39.5 Å². The third-order valence-corrected chi connectivity index (χ3v) is 6.18. The highest BCUT2D eigenvalue weighted by Gasteiger charge is 2.40. The average molecular weight is 448 g/mol. The molecule has 0 radical (unpaired) electrons. The summed E-state index contributed by atoms with van der Waals surface area (Å²) in [5, 5.41) is 0. The van der Waals surface area contributed by atoms with E-state index >= 15 is 0 Å². The Balaban J connectivity index is 2.19. The fourth-order valence-corrected chi connectivity index (χ4v) is 4.57. The highest BCUT2D eigenvalue weighted by atomic mass is 16.5. The summed E-state index contributed by atoms with van der Waals surface area (Å²) in [6, 6.07) is 4.24. The van der Waals surface area contributed by atoms with E-state index in [4.69, 9.17) is 18.6 Å². The van der Waals surface area contributed by atoms with E-state index in [1.165, 1.54) is 33.5 Å². The zero-order valence-corrected chi connectivity index (χ0v) is 19.6. The molecule has 0 spiro atoms. The topological polar surface area (TPSA) is 92.0 Å². The van der Waals surface area contributed by atoms with Crippen molar-refractivity contribution in [2.75, 3.05) is 21.3 Å². The first kappa shape index (κ1) is 22.3. The van der Waals surface area contributed by atoms with Crippen molar-refractivity contribution in [1.29, 1.82) is 0 Å². The van der Waals surface area contributed by atoms with Crippen molar-refractivity contribution >= 4 is 11.6 Å². The van der Waals surface area contributed by atoms with Crippen LogP contribution in [0.3, 0.4) is 0 Å². The van der Waals surface area contributed by atoms with E-state index < -0.39 is 11.6 Å². The molecule has 0 unspecified atom stereocenters. The van der Waals surface area contributed by atoms with Crippen molar-refractivity contribution in [3.05, 3.63) is 73.1 Å². The second-order valence-electron chi connectivity index (χ2n) is 7.99. The Labute approximate surface area is 190 Å². The fourth-order valence-electron chi connectivity index (χ4n) is 4.57. The van der Waals surface area contributed by atoms with E-state index in [9.17, 15) is 14.4 Å². The highest BCUT2D eigenvalue weighted by molar-refractivity contribution is 6.32. The number of fused-ring (bicyclic) bond motifs is 2. The lowest BCUT2D eigenvalue weighted by Gasteiger charge is -2.27. The number of hydrogen-bond acceptors (Lipinski definition) is 7. The lowest BCUT2D eigenvalue weighted by molar-refractivity contribution is 0.0973. The molecule has 0 aliphatic heterocycles. The molecular formula is C26H24O7. The van der Waals surface area contributed by atoms with Gasteiger partial charge in [-0.3, -0.25) is 14.4 Å². The zero-order valence-electron chi connectivity index (χ0n) is 19.6. The van der Waals surface area contributed by atoms with Gasteiger partial charge in [0.05, 0.1) is 32.5 Å². The molecule has 0 fully saturated rings. The number of aryl methyl sites for hydroxylation is 1. The van der Waals surface area contributed by atoms with Gasteiger partial charge in [-0.1, -0.05) is 0 Å². The molecule has 0 amide bonds. The molecule has 3 aromatic rings. The van der Waals surface area contributed by atoms with E-state index in [0.717, 1.165) is 0 Å². The van der Waals surface area contributed by atoms with Gasteiger partial charge in [-0.05, 0) is 44.9 Å². The fraction of sp³-hybridized carbons (Fsp3) is 0.269. The minimum Gasteiger partial charge on any atom is -0.496 e. The number of rotatable bonds is 4. The third kappa shape index (κ3) is 3.15. The Morgan fingerprint density at radius 1 is 0.636 bits per heavy atom. The summed E-state index contributed by atoms with van der Waals surface area (Å²) < 4.78 is 22.4. The van der Waals surface area contributed by atoms with Crippen LogP contribution in [-0.4, -0.2) is 32.9 Å². The molecule has 0 N–H and O–H groups in total. The van der Waals surface area contributed by atoms with Crippen molar-refractivity contribution in [1.82, 2.24) is 0 Å². The first-order valence-corrected chi connectivity index (χ1v) is 10.3. The number of carbonyl (C=O) groups excluding carboxylic acids is 2. The van der Waals surface area contributed by atoms with Crippen LogP contribution in [-0.2, 0) is 0 Å². The summed E-state index contributed by atoms with van der Waals surface area (Å²) in [6.45, 7) is 7.02. The average Bonchev–Trinajstić information content (AvgIpc) is 2.77. The summed E-state index contributed by atoms with van der Waals surface area (Å²) in [6.07, 6.45) is 0. The highest BCUT2D eigenvalue weighted by Crippen LogP contribution is 2.47. The van der Waals surface area contributed by atoms with Gasteiger partial charge in [0.25, 0.3) is 0 Å². The first-order chi connectivity index (χ1) is 15.7. The maximum absolute atomic E-state index is 14.0. The molecule has 4 rings (SSSR count). The van der Waals surface area contributed by atoms with Crippen LogP contribution in [0, 0.1) is 27.7 Å². The van der Waals surface area contributed by atoms with Crippen molar-refractivity contribution in [2.24, 2.45) is 0 Å². The van der Waals surface area contributed by atoms with E-state index in [1.807, 2.05) is 0 Å². The largest absolute Gasteiger partial charge is 0.496 e. The Morgan fingerprint density at radius 2 is 1.27 bits per heavy atom. The van der Waals surface area contributed by atoms with E-state index in [2.05, 4.69) is 0 Å². The van der Waals surface area contributed by atoms with Gasteiger partial charge >= 0.3 is 0 Å². The van der Waals surface area contributed by atoms with Gasteiger partial charge in [0, 0.05) is 34.4 Å². The Kier molecular flexibility index (Phi) is 5.36. The minimum absolute atomic E-state index is 0.125. The maximum atomic E-state index is 14.0. The number of carbonyl (C=O) groups is 2. The van der Waals surface area contributed by atoms with Crippen molar-refractivity contribution < 1.29 is 28.2 Å². The number of ether oxygens (including phenoxy) is 3. The standard InChI is InChI=1S/C26H24O7/c1-11-8-15(27)9-18(33-11)19-12(2)13(3)25(31-6)22-21(19)23(28)16-10-17(30-5)14(4)26(32-7)20(16)24(22)29/h8-10H,1-7H3. The monoisotopic (exact) mass is 448 g/mol. The first-order valence-electron chi connectivity index (χ1n) is 10.3. The second kappa shape index (κ2) is 7.92. The smallest absolute Gasteiger partial charge is 0.202 e. The van der Waals surface area contributed by atoms with Gasteiger partial charge in [0.15, 0.2) is 11.2 Å². The van der Waals surface area contributed by atoms with Crippen LogP contribution < -0.4 is 19.6 Å². The Bertz CT molecular complexity index is 1410. The summed E-state index contributed by atoms with van der Waals surface area (Å²) in [4.78, 5) is 40.1. The van der Waals surface area contributed by atoms with E-state index in [1.54, 1.807) is 33.8 Å². The molecule has 1 aliphatic carbocycles. The molecule has 7 heteroatoms. The summed E-state index contributed by atoms with van der Waals surface area (Å²) in [7, 11) is 4.39. The molecule has 1 aromatic heterocycles. The molecule has 7 nitrogen and oxygen atoms in total. The predicted molar refractivity (Wildman–Crippen MR) is 122 cm³/mol. The Morgan fingerprint density at radius 3 is 1.85 bits per heavy atom. The van der Waals surface area contributed by atoms with Gasteiger partial charge in [0.1, 0.15) is 28.8 Å². The summed E-state index contributed by atoms with van der Waals surface area (Å²) in [5.74, 6) is 0.811. The molecule has 170 valence electrons. The van der Waals surface area contributed by atoms with Crippen LogP contribution in [0.4, 0.5) is 0 Å². The van der Waals surface area contributed by atoms with Crippen LogP contribution in [0.2, 0.25) is 0 Å². The van der Waals surface area contributed by atoms with E-state index in [-0.39, 0.29) is 39.2 Å². The molecule has 1 heterocycles. The number of methoxy groups -OCH3 is 3. The molecule has 0 bridgehead atoms. The van der Waals surface area contributed by atoms with Crippen LogP contribution >= 0.6 is 0 Å². The number of hydrogen-bond donors (Lipinski definition) is 0. The van der Waals surface area contributed by atoms with Crippen LogP contribution in [0.15, 0.2) is 27.4 Å². The van der Waals surface area contributed by atoms with Crippen LogP contribution in [0.25, 0.3) is 11.3 Å². The SMILES string of the molecule is COc1cc2c(c(OC)c1C)C(=O)c1c(OC)c(C)c(C)c(-c3cc(=O)cc(C)o3)c1C2=O. The zero-order chi connectivity index (χ0) is 24.2. The second-order valence-corrected chi connectivity index (χ2v) is 7.99. The predicted octanol–water partition coefficient (Wildman–Crippen LogP) is 4.34. The van der Waals surface area contributed by atoms with Crippen molar-refractivity contribution in [2.45, 2.75) is 27.7 Å².